The van der Waals surface area contributed by atoms with Gasteiger partial charge in [-0.3, -0.25) is 4.79 Å². The number of carbonyl (C=O) groups excluding carboxylic acids is 1. The van der Waals surface area contributed by atoms with Crippen LogP contribution in [0.25, 0.3) is 0 Å². The number of pyridine rings is 1. The third kappa shape index (κ3) is 3.33. The fraction of sp³-hybridized carbons (Fsp3) is 0.200. The number of rotatable bonds is 3. The van der Waals surface area contributed by atoms with Crippen molar-refractivity contribution in [2.45, 2.75) is 20.4 Å². The molecule has 20 heavy (non-hydrogen) atoms. The van der Waals surface area contributed by atoms with Crippen molar-refractivity contribution in [3.63, 3.8) is 0 Å². The predicted octanol–water partition coefficient (Wildman–Crippen LogP) is 3.42. The molecule has 1 aromatic heterocycles. The maximum atomic E-state index is 13.5. The maximum absolute atomic E-state index is 13.5. The van der Waals surface area contributed by atoms with Gasteiger partial charge in [-0.25, -0.2) is 9.37 Å². The quantitative estimate of drug-likeness (QED) is 0.881. The third-order valence-corrected chi connectivity index (χ3v) is 3.16. The van der Waals surface area contributed by atoms with E-state index in [-0.39, 0.29) is 11.7 Å². The summed E-state index contributed by atoms with van der Waals surface area (Å²) in [5.74, 6) is -0.448. The average Bonchev–Trinajstić information content (AvgIpc) is 2.42. The summed E-state index contributed by atoms with van der Waals surface area (Å²) in [6.07, 6.45) is 1.42. The highest BCUT2D eigenvalue weighted by molar-refractivity contribution is 6.29. The molecule has 0 saturated carbocycles. The Morgan fingerprint density at radius 2 is 1.95 bits per heavy atom. The van der Waals surface area contributed by atoms with Gasteiger partial charge < -0.3 is 5.32 Å². The topological polar surface area (TPSA) is 42.0 Å². The minimum absolute atomic E-state index is 0.207. The average molecular weight is 293 g/mol. The third-order valence-electron chi connectivity index (χ3n) is 2.94. The van der Waals surface area contributed by atoms with Crippen molar-refractivity contribution >= 4 is 17.5 Å². The normalized spacial score (nSPS) is 10.4. The van der Waals surface area contributed by atoms with Crippen molar-refractivity contribution in [1.82, 2.24) is 10.3 Å². The molecule has 0 aliphatic rings. The molecule has 1 heterocycles. The maximum Gasteiger partial charge on any atom is 0.253 e. The van der Waals surface area contributed by atoms with Crippen LogP contribution in [-0.2, 0) is 6.54 Å². The van der Waals surface area contributed by atoms with Crippen LogP contribution in [0.5, 0.6) is 0 Å². The smallest absolute Gasteiger partial charge is 0.253 e. The summed E-state index contributed by atoms with van der Waals surface area (Å²) in [6.45, 7) is 3.75. The minimum atomic E-state index is -0.242. The molecule has 3 nitrogen and oxygen atoms in total. The zero-order chi connectivity index (χ0) is 14.7. The summed E-state index contributed by atoms with van der Waals surface area (Å²) in [5.41, 5.74) is 2.44. The fourth-order valence-electron chi connectivity index (χ4n) is 1.93. The molecule has 5 heteroatoms. The van der Waals surface area contributed by atoms with Gasteiger partial charge in [-0.2, -0.15) is 0 Å². The summed E-state index contributed by atoms with van der Waals surface area (Å²) < 4.78 is 13.5. The second kappa shape index (κ2) is 6.01. The first-order valence-electron chi connectivity index (χ1n) is 6.13. The van der Waals surface area contributed by atoms with E-state index in [0.717, 1.165) is 5.56 Å². The Balaban J connectivity index is 2.05. The first kappa shape index (κ1) is 14.5. The molecule has 2 rings (SSSR count). The standard InChI is InChI=1S/C15H14ClFN2O/c1-9-5-11(6-10(2)14(9)17)7-19-15(20)12-3-4-13(16)18-8-12/h3-6,8H,7H2,1-2H3,(H,19,20). The molecule has 0 atom stereocenters. The van der Waals surface area contributed by atoms with Crippen LogP contribution in [0.15, 0.2) is 30.5 Å². The Bertz CT molecular complexity index is 618. The number of nitrogens with one attached hydrogen (secondary N) is 1. The van der Waals surface area contributed by atoms with Gasteiger partial charge in [0.2, 0.25) is 0 Å². The Morgan fingerprint density at radius 1 is 1.30 bits per heavy atom. The van der Waals surface area contributed by atoms with E-state index in [1.165, 1.54) is 6.20 Å². The van der Waals surface area contributed by atoms with Crippen molar-refractivity contribution in [3.8, 4) is 0 Å². The summed E-state index contributed by atoms with van der Waals surface area (Å²) in [7, 11) is 0. The molecule has 1 amide bonds. The molecule has 2 aromatic rings. The Labute approximate surface area is 121 Å². The lowest BCUT2D eigenvalue weighted by atomic mass is 10.1. The molecule has 0 radical (unpaired) electrons. The van der Waals surface area contributed by atoms with Crippen molar-refractivity contribution in [1.29, 1.82) is 0 Å². The zero-order valence-electron chi connectivity index (χ0n) is 11.2. The first-order chi connectivity index (χ1) is 9.47. The molecule has 0 fully saturated rings. The van der Waals surface area contributed by atoms with Gasteiger partial charge in [-0.1, -0.05) is 23.7 Å². The fourth-order valence-corrected chi connectivity index (χ4v) is 2.04. The number of nitrogens with zero attached hydrogens (tertiary/aromatic N) is 1. The van der Waals surface area contributed by atoms with Crippen LogP contribution in [0.4, 0.5) is 4.39 Å². The van der Waals surface area contributed by atoms with Crippen molar-refractivity contribution in [3.05, 3.63) is 63.7 Å². The second-order valence-electron chi connectivity index (χ2n) is 4.60. The Kier molecular flexibility index (Phi) is 4.35. The number of aryl methyl sites for hydroxylation is 2. The van der Waals surface area contributed by atoms with Gasteiger partial charge in [0.1, 0.15) is 11.0 Å². The van der Waals surface area contributed by atoms with Crippen LogP contribution in [0.2, 0.25) is 5.15 Å². The van der Waals surface area contributed by atoms with Crippen LogP contribution < -0.4 is 5.32 Å². The number of carbonyl (C=O) groups is 1. The molecule has 1 aromatic carbocycles. The number of hydrogen-bond acceptors (Lipinski definition) is 2. The van der Waals surface area contributed by atoms with Crippen molar-refractivity contribution in [2.24, 2.45) is 0 Å². The molecule has 0 unspecified atom stereocenters. The van der Waals surface area contributed by atoms with Gasteiger partial charge in [-0.15, -0.1) is 0 Å². The van der Waals surface area contributed by atoms with Crippen LogP contribution in [-0.4, -0.2) is 10.9 Å². The predicted molar refractivity (Wildman–Crippen MR) is 76.3 cm³/mol. The largest absolute Gasteiger partial charge is 0.348 e. The number of benzene rings is 1. The van der Waals surface area contributed by atoms with Gasteiger partial charge in [0.25, 0.3) is 5.91 Å². The van der Waals surface area contributed by atoms with Crippen LogP contribution in [0, 0.1) is 19.7 Å². The lowest BCUT2D eigenvalue weighted by Gasteiger charge is -2.08. The Hall–Kier alpha value is -1.94. The molecule has 0 saturated heterocycles. The molecule has 0 aliphatic carbocycles. The van der Waals surface area contributed by atoms with E-state index in [1.54, 1.807) is 38.1 Å². The van der Waals surface area contributed by atoms with E-state index in [4.69, 9.17) is 11.6 Å². The van der Waals surface area contributed by atoms with E-state index in [1.807, 2.05) is 0 Å². The van der Waals surface area contributed by atoms with E-state index in [2.05, 4.69) is 10.3 Å². The number of hydrogen-bond donors (Lipinski definition) is 1. The number of halogens is 2. The molecular formula is C15H14ClFN2O. The van der Waals surface area contributed by atoms with Gasteiger partial charge in [-0.05, 0) is 42.7 Å². The highest BCUT2D eigenvalue weighted by Crippen LogP contribution is 2.14. The Morgan fingerprint density at radius 3 is 2.50 bits per heavy atom. The molecule has 104 valence electrons. The van der Waals surface area contributed by atoms with E-state index in [0.29, 0.717) is 28.4 Å². The van der Waals surface area contributed by atoms with Crippen molar-refractivity contribution in [2.75, 3.05) is 0 Å². The molecule has 0 aliphatic heterocycles. The lowest BCUT2D eigenvalue weighted by molar-refractivity contribution is 0.0950. The number of amides is 1. The van der Waals surface area contributed by atoms with Crippen LogP contribution in [0.3, 0.4) is 0 Å². The van der Waals surface area contributed by atoms with Gasteiger partial charge in [0, 0.05) is 12.7 Å². The van der Waals surface area contributed by atoms with Gasteiger partial charge in [0.05, 0.1) is 5.56 Å². The highest BCUT2D eigenvalue weighted by Gasteiger charge is 2.08. The highest BCUT2D eigenvalue weighted by atomic mass is 35.5. The van der Waals surface area contributed by atoms with E-state index >= 15 is 0 Å². The van der Waals surface area contributed by atoms with Crippen LogP contribution >= 0.6 is 11.6 Å². The summed E-state index contributed by atoms with van der Waals surface area (Å²) in [5, 5.41) is 3.10. The molecule has 0 bridgehead atoms. The number of aromatic nitrogens is 1. The summed E-state index contributed by atoms with van der Waals surface area (Å²) in [6, 6.07) is 6.61. The second-order valence-corrected chi connectivity index (χ2v) is 4.98. The molecular weight excluding hydrogens is 279 g/mol. The summed E-state index contributed by atoms with van der Waals surface area (Å²) in [4.78, 5) is 15.7. The van der Waals surface area contributed by atoms with Gasteiger partial charge >= 0.3 is 0 Å². The zero-order valence-corrected chi connectivity index (χ0v) is 12.0. The molecule has 0 spiro atoms. The van der Waals surface area contributed by atoms with Crippen LogP contribution in [0.1, 0.15) is 27.0 Å². The molecule has 1 N–H and O–H groups in total. The first-order valence-corrected chi connectivity index (χ1v) is 6.50. The van der Waals surface area contributed by atoms with Gasteiger partial charge in [0.15, 0.2) is 0 Å². The van der Waals surface area contributed by atoms with Crippen molar-refractivity contribution < 1.29 is 9.18 Å². The van der Waals surface area contributed by atoms with E-state index in [9.17, 15) is 9.18 Å². The SMILES string of the molecule is Cc1cc(CNC(=O)c2ccc(Cl)nc2)cc(C)c1F. The monoisotopic (exact) mass is 292 g/mol. The summed E-state index contributed by atoms with van der Waals surface area (Å²) >= 11 is 5.66. The van der Waals surface area contributed by atoms with E-state index < -0.39 is 0 Å². The lowest BCUT2D eigenvalue weighted by Crippen LogP contribution is -2.23. The minimum Gasteiger partial charge on any atom is -0.348 e.